The minimum atomic E-state index is -0.942. The highest BCUT2D eigenvalue weighted by atomic mass is 16.5. The van der Waals surface area contributed by atoms with E-state index in [2.05, 4.69) is 12.2 Å². The van der Waals surface area contributed by atoms with E-state index in [9.17, 15) is 9.59 Å². The second-order valence-corrected chi connectivity index (χ2v) is 4.49. The van der Waals surface area contributed by atoms with Crippen molar-refractivity contribution in [3.05, 3.63) is 0 Å². The van der Waals surface area contributed by atoms with Gasteiger partial charge in [-0.1, -0.05) is 13.3 Å². The van der Waals surface area contributed by atoms with Gasteiger partial charge < -0.3 is 15.2 Å². The van der Waals surface area contributed by atoms with Gasteiger partial charge >= 0.3 is 5.97 Å². The summed E-state index contributed by atoms with van der Waals surface area (Å²) in [5.74, 6) is -1.06. The third kappa shape index (κ3) is 3.96. The monoisotopic (exact) mass is 258 g/mol. The first-order chi connectivity index (χ1) is 8.57. The van der Waals surface area contributed by atoms with Crippen molar-refractivity contribution in [2.75, 3.05) is 26.3 Å². The van der Waals surface area contributed by atoms with E-state index in [0.29, 0.717) is 19.7 Å². The van der Waals surface area contributed by atoms with Crippen LogP contribution in [0.1, 0.15) is 26.7 Å². The van der Waals surface area contributed by atoms with E-state index in [1.807, 2.05) is 0 Å². The maximum atomic E-state index is 11.9. The Kier molecular flexibility index (Phi) is 6.07. The van der Waals surface area contributed by atoms with Crippen LogP contribution in [0.5, 0.6) is 0 Å². The van der Waals surface area contributed by atoms with Crippen molar-refractivity contribution in [3.8, 4) is 0 Å². The van der Waals surface area contributed by atoms with Crippen LogP contribution in [0.25, 0.3) is 0 Å². The zero-order valence-electron chi connectivity index (χ0n) is 11.0. The number of rotatable bonds is 6. The van der Waals surface area contributed by atoms with Gasteiger partial charge in [0.05, 0.1) is 19.3 Å². The minimum absolute atomic E-state index is 0.114. The molecular weight excluding hydrogens is 236 g/mol. The number of ether oxygens (including phenoxy) is 1. The first kappa shape index (κ1) is 14.9. The normalized spacial score (nSPS) is 22.4. The Balaban J connectivity index is 2.54. The predicted molar refractivity (Wildman–Crippen MR) is 66.3 cm³/mol. The number of aliphatic carboxylic acids is 1. The Labute approximate surface area is 107 Å². The smallest absolute Gasteiger partial charge is 0.323 e. The average molecular weight is 258 g/mol. The summed E-state index contributed by atoms with van der Waals surface area (Å²) in [4.78, 5) is 24.7. The first-order valence-corrected chi connectivity index (χ1v) is 6.42. The molecule has 0 aromatic heterocycles. The Hall–Kier alpha value is -1.14. The molecule has 0 aliphatic carbocycles. The minimum Gasteiger partial charge on any atom is -0.480 e. The molecular formula is C12H22N2O4. The van der Waals surface area contributed by atoms with Crippen LogP contribution in [-0.4, -0.2) is 60.3 Å². The number of carboxylic acid groups (broad SMARTS) is 1. The number of carbonyl (C=O) groups excluding carboxylic acids is 1. The molecule has 1 amide bonds. The second-order valence-electron chi connectivity index (χ2n) is 4.49. The summed E-state index contributed by atoms with van der Waals surface area (Å²) in [5, 5.41) is 11.9. The molecule has 2 atom stereocenters. The molecule has 1 aliphatic heterocycles. The van der Waals surface area contributed by atoms with Gasteiger partial charge in [0.15, 0.2) is 0 Å². The van der Waals surface area contributed by atoms with Crippen molar-refractivity contribution in [3.63, 3.8) is 0 Å². The quantitative estimate of drug-likeness (QED) is 0.659. The van der Waals surface area contributed by atoms with Crippen LogP contribution in [0.15, 0.2) is 0 Å². The molecule has 2 unspecified atom stereocenters. The fraction of sp³-hybridized carbons (Fsp3) is 0.833. The first-order valence-electron chi connectivity index (χ1n) is 6.42. The van der Waals surface area contributed by atoms with Gasteiger partial charge in [-0.2, -0.15) is 0 Å². The van der Waals surface area contributed by atoms with E-state index in [1.54, 1.807) is 11.8 Å². The molecule has 0 bridgehead atoms. The number of nitrogens with zero attached hydrogens (tertiary/aromatic N) is 1. The van der Waals surface area contributed by atoms with Crippen molar-refractivity contribution in [1.29, 1.82) is 0 Å². The standard InChI is InChI=1S/C12H22N2O4/c1-3-4-5-13-11(15)9(2)14-6-7-18-8-10(14)12(16)17/h9-10H,3-8H2,1-2H3,(H,13,15)(H,16,17). The summed E-state index contributed by atoms with van der Waals surface area (Å²) in [6, 6.07) is -1.17. The highest BCUT2D eigenvalue weighted by Gasteiger charge is 2.34. The van der Waals surface area contributed by atoms with Gasteiger partial charge in [-0.3, -0.25) is 14.5 Å². The molecule has 0 aromatic carbocycles. The van der Waals surface area contributed by atoms with Gasteiger partial charge in [-0.25, -0.2) is 0 Å². The average Bonchev–Trinajstić information content (AvgIpc) is 2.38. The molecule has 0 radical (unpaired) electrons. The third-order valence-electron chi connectivity index (χ3n) is 3.16. The van der Waals surface area contributed by atoms with E-state index in [-0.39, 0.29) is 12.5 Å². The topological polar surface area (TPSA) is 78.9 Å². The zero-order valence-corrected chi connectivity index (χ0v) is 11.0. The van der Waals surface area contributed by atoms with Crippen molar-refractivity contribution >= 4 is 11.9 Å². The number of amides is 1. The molecule has 1 heterocycles. The number of hydrogen-bond acceptors (Lipinski definition) is 4. The molecule has 18 heavy (non-hydrogen) atoms. The van der Waals surface area contributed by atoms with E-state index in [1.165, 1.54) is 0 Å². The Morgan fingerprint density at radius 2 is 2.28 bits per heavy atom. The molecule has 2 N–H and O–H groups in total. The largest absolute Gasteiger partial charge is 0.480 e. The Bertz CT molecular complexity index is 296. The second kappa shape index (κ2) is 7.33. The molecule has 1 aliphatic rings. The van der Waals surface area contributed by atoms with Gasteiger partial charge in [-0.05, 0) is 13.3 Å². The molecule has 6 nitrogen and oxygen atoms in total. The lowest BCUT2D eigenvalue weighted by atomic mass is 10.1. The van der Waals surface area contributed by atoms with Crippen LogP contribution >= 0.6 is 0 Å². The highest BCUT2D eigenvalue weighted by molar-refractivity contribution is 5.82. The van der Waals surface area contributed by atoms with Crippen LogP contribution in [0.2, 0.25) is 0 Å². The summed E-state index contributed by atoms with van der Waals surface area (Å²) in [7, 11) is 0. The number of nitrogens with one attached hydrogen (secondary N) is 1. The van der Waals surface area contributed by atoms with Crippen LogP contribution in [0.4, 0.5) is 0 Å². The van der Waals surface area contributed by atoms with Crippen LogP contribution in [0.3, 0.4) is 0 Å². The van der Waals surface area contributed by atoms with Crippen LogP contribution in [0, 0.1) is 0 Å². The lowest BCUT2D eigenvalue weighted by Crippen LogP contribution is -2.57. The van der Waals surface area contributed by atoms with E-state index < -0.39 is 18.1 Å². The fourth-order valence-corrected chi connectivity index (χ4v) is 1.98. The summed E-state index contributed by atoms with van der Waals surface area (Å²) in [6.45, 7) is 5.51. The number of unbranched alkanes of at least 4 members (excludes halogenated alkanes) is 1. The lowest BCUT2D eigenvalue weighted by Gasteiger charge is -2.36. The van der Waals surface area contributed by atoms with Gasteiger partial charge in [-0.15, -0.1) is 0 Å². The third-order valence-corrected chi connectivity index (χ3v) is 3.16. The van der Waals surface area contributed by atoms with Crippen LogP contribution in [-0.2, 0) is 14.3 Å². The maximum absolute atomic E-state index is 11.9. The molecule has 1 fully saturated rings. The van der Waals surface area contributed by atoms with Gasteiger partial charge in [0.1, 0.15) is 6.04 Å². The number of carbonyl (C=O) groups is 2. The molecule has 1 saturated heterocycles. The predicted octanol–water partition coefficient (Wildman–Crippen LogP) is 0.0766. The van der Waals surface area contributed by atoms with Gasteiger partial charge in [0.25, 0.3) is 0 Å². The van der Waals surface area contributed by atoms with Gasteiger partial charge in [0.2, 0.25) is 5.91 Å². The Morgan fingerprint density at radius 3 is 2.89 bits per heavy atom. The van der Waals surface area contributed by atoms with E-state index in [4.69, 9.17) is 9.84 Å². The van der Waals surface area contributed by atoms with Crippen LogP contribution < -0.4 is 5.32 Å². The molecule has 0 saturated carbocycles. The van der Waals surface area contributed by atoms with Crippen molar-refractivity contribution in [2.24, 2.45) is 0 Å². The molecule has 1 rings (SSSR count). The van der Waals surface area contributed by atoms with Crippen molar-refractivity contribution in [2.45, 2.75) is 38.8 Å². The molecule has 0 aromatic rings. The maximum Gasteiger partial charge on any atom is 0.323 e. The van der Waals surface area contributed by atoms with Crippen molar-refractivity contribution < 1.29 is 19.4 Å². The summed E-state index contributed by atoms with van der Waals surface area (Å²) in [6.07, 6.45) is 1.95. The molecule has 104 valence electrons. The zero-order chi connectivity index (χ0) is 13.5. The SMILES string of the molecule is CCCCNC(=O)C(C)N1CCOCC1C(=O)O. The lowest BCUT2D eigenvalue weighted by molar-refractivity contribution is -0.153. The van der Waals surface area contributed by atoms with Gasteiger partial charge in [0, 0.05) is 13.1 Å². The molecule has 0 spiro atoms. The number of carboxylic acids is 1. The van der Waals surface area contributed by atoms with E-state index >= 15 is 0 Å². The number of hydrogen-bond donors (Lipinski definition) is 2. The van der Waals surface area contributed by atoms with Crippen molar-refractivity contribution in [1.82, 2.24) is 10.2 Å². The summed E-state index contributed by atoms with van der Waals surface area (Å²) >= 11 is 0. The summed E-state index contributed by atoms with van der Waals surface area (Å²) < 4.78 is 5.15. The highest BCUT2D eigenvalue weighted by Crippen LogP contribution is 2.11. The fourth-order valence-electron chi connectivity index (χ4n) is 1.98. The van der Waals surface area contributed by atoms with E-state index in [0.717, 1.165) is 12.8 Å². The Morgan fingerprint density at radius 1 is 1.56 bits per heavy atom. The number of morpholine rings is 1. The molecule has 6 heteroatoms. The summed E-state index contributed by atoms with van der Waals surface area (Å²) in [5.41, 5.74) is 0.